The molecule has 30 heavy (non-hydrogen) atoms. The van der Waals surface area contributed by atoms with E-state index in [0.29, 0.717) is 18.3 Å². The number of anilines is 1. The molecule has 0 radical (unpaired) electrons. The smallest absolute Gasteiger partial charge is 0.158 e. The summed E-state index contributed by atoms with van der Waals surface area (Å²) < 4.78 is 35.5. The molecular formula is C23H24F2N4O. The Bertz CT molecular complexity index is 1080. The van der Waals surface area contributed by atoms with Gasteiger partial charge in [0.2, 0.25) is 0 Å². The Balaban J connectivity index is 1.58. The van der Waals surface area contributed by atoms with Crippen LogP contribution in [0.3, 0.4) is 0 Å². The molecule has 0 unspecified atom stereocenters. The number of hydrogen-bond acceptors (Lipinski definition) is 4. The number of aromatic nitrogens is 3. The minimum absolute atomic E-state index is 0.127. The minimum atomic E-state index is -0.461. The molecule has 0 bridgehead atoms. The summed E-state index contributed by atoms with van der Waals surface area (Å²) in [6.07, 6.45) is 4.49. The minimum Gasteiger partial charge on any atom is -0.490 e. The van der Waals surface area contributed by atoms with Crippen molar-refractivity contribution in [1.29, 1.82) is 0 Å². The van der Waals surface area contributed by atoms with Crippen LogP contribution in [0.15, 0.2) is 36.4 Å². The lowest BCUT2D eigenvalue weighted by atomic mass is 10.1. The van der Waals surface area contributed by atoms with Crippen LogP contribution in [-0.2, 0) is 6.54 Å². The molecule has 1 saturated carbocycles. The number of halogens is 2. The van der Waals surface area contributed by atoms with Crippen LogP contribution >= 0.6 is 0 Å². The molecule has 0 atom stereocenters. The van der Waals surface area contributed by atoms with Crippen LogP contribution in [0.1, 0.15) is 43.0 Å². The normalized spacial score (nSPS) is 16.6. The van der Waals surface area contributed by atoms with Crippen molar-refractivity contribution < 1.29 is 13.5 Å². The average molecular weight is 410 g/mol. The van der Waals surface area contributed by atoms with Gasteiger partial charge in [-0.3, -0.25) is 0 Å². The largest absolute Gasteiger partial charge is 0.490 e. The number of likely N-dealkylation sites (N-methyl/N-ethyl adjacent to an activating group) is 1. The molecule has 156 valence electrons. The molecule has 5 nitrogen and oxygen atoms in total. The zero-order valence-electron chi connectivity index (χ0n) is 16.9. The third-order valence-corrected chi connectivity index (χ3v) is 6.05. The summed E-state index contributed by atoms with van der Waals surface area (Å²) in [5.74, 6) is 1.72. The van der Waals surface area contributed by atoms with Gasteiger partial charge in [-0.2, -0.15) is 5.10 Å². The Morgan fingerprint density at radius 1 is 1.10 bits per heavy atom. The SMILES string of the molecule is CN1CCOc2ccc(-c3nc(C4CCCC4)nn3Cc3cc(F)ccc3F)cc21. The van der Waals surface area contributed by atoms with Crippen molar-refractivity contribution in [2.24, 2.45) is 0 Å². The van der Waals surface area contributed by atoms with Gasteiger partial charge in [-0.05, 0) is 49.2 Å². The van der Waals surface area contributed by atoms with Crippen LogP contribution in [0.4, 0.5) is 14.5 Å². The van der Waals surface area contributed by atoms with Gasteiger partial charge in [-0.15, -0.1) is 0 Å². The fraction of sp³-hybridized carbons (Fsp3) is 0.391. The summed E-state index contributed by atoms with van der Waals surface area (Å²) in [5.41, 5.74) is 2.14. The standard InChI is InChI=1S/C23H24F2N4O/c1-28-10-11-30-21-9-6-16(13-20(21)28)23-26-22(15-4-2-3-5-15)27-29(23)14-17-12-18(24)7-8-19(17)25/h6-9,12-13,15H,2-5,10-11,14H2,1H3. The van der Waals surface area contributed by atoms with Gasteiger partial charge in [0.1, 0.15) is 24.0 Å². The zero-order valence-corrected chi connectivity index (χ0v) is 16.9. The molecule has 0 amide bonds. The quantitative estimate of drug-likeness (QED) is 0.622. The van der Waals surface area contributed by atoms with Crippen molar-refractivity contribution in [1.82, 2.24) is 14.8 Å². The maximum absolute atomic E-state index is 14.3. The van der Waals surface area contributed by atoms with E-state index in [2.05, 4.69) is 4.90 Å². The lowest BCUT2D eigenvalue weighted by Crippen LogP contribution is -2.28. The summed E-state index contributed by atoms with van der Waals surface area (Å²) in [4.78, 5) is 7.01. The fourth-order valence-electron chi connectivity index (χ4n) is 4.36. The molecule has 2 aromatic carbocycles. The predicted molar refractivity (Wildman–Crippen MR) is 111 cm³/mol. The summed E-state index contributed by atoms with van der Waals surface area (Å²) in [6.45, 7) is 1.59. The fourth-order valence-corrected chi connectivity index (χ4v) is 4.36. The first-order valence-electron chi connectivity index (χ1n) is 10.5. The molecule has 1 aliphatic heterocycles. The van der Waals surface area contributed by atoms with Gasteiger partial charge in [0.05, 0.1) is 18.8 Å². The van der Waals surface area contributed by atoms with E-state index in [9.17, 15) is 8.78 Å². The highest BCUT2D eigenvalue weighted by atomic mass is 19.1. The van der Waals surface area contributed by atoms with Crippen molar-refractivity contribution >= 4 is 5.69 Å². The highest BCUT2D eigenvalue weighted by Crippen LogP contribution is 2.37. The molecule has 3 aromatic rings. The second kappa shape index (κ2) is 7.70. The molecule has 0 N–H and O–H groups in total. The maximum atomic E-state index is 14.3. The first kappa shape index (κ1) is 19.0. The van der Waals surface area contributed by atoms with E-state index in [1.54, 1.807) is 4.68 Å². The second-order valence-electron chi connectivity index (χ2n) is 8.12. The van der Waals surface area contributed by atoms with Crippen LogP contribution in [0.5, 0.6) is 5.75 Å². The zero-order chi connectivity index (χ0) is 20.7. The summed E-state index contributed by atoms with van der Waals surface area (Å²) in [6, 6.07) is 9.45. The van der Waals surface area contributed by atoms with Crippen LogP contribution in [0.2, 0.25) is 0 Å². The Labute approximate surface area is 174 Å². The van der Waals surface area contributed by atoms with Crippen LogP contribution in [0.25, 0.3) is 11.4 Å². The van der Waals surface area contributed by atoms with E-state index in [1.165, 1.54) is 18.9 Å². The molecule has 1 aliphatic carbocycles. The number of rotatable bonds is 4. The van der Waals surface area contributed by atoms with E-state index in [4.69, 9.17) is 14.8 Å². The van der Waals surface area contributed by atoms with E-state index in [1.807, 2.05) is 25.2 Å². The lowest BCUT2D eigenvalue weighted by Gasteiger charge is -2.28. The van der Waals surface area contributed by atoms with Gasteiger partial charge in [0, 0.05) is 24.1 Å². The van der Waals surface area contributed by atoms with Gasteiger partial charge < -0.3 is 9.64 Å². The van der Waals surface area contributed by atoms with Gasteiger partial charge in [0.25, 0.3) is 0 Å². The molecule has 0 spiro atoms. The molecule has 5 rings (SSSR count). The number of ether oxygens (including phenoxy) is 1. The summed E-state index contributed by atoms with van der Waals surface area (Å²) in [5, 5.41) is 4.74. The van der Waals surface area contributed by atoms with Gasteiger partial charge in [-0.25, -0.2) is 18.4 Å². The highest BCUT2D eigenvalue weighted by Gasteiger charge is 2.25. The predicted octanol–water partition coefficient (Wildman–Crippen LogP) is 4.76. The van der Waals surface area contributed by atoms with Crippen molar-refractivity contribution in [3.63, 3.8) is 0 Å². The van der Waals surface area contributed by atoms with E-state index in [-0.39, 0.29) is 12.1 Å². The molecule has 1 fully saturated rings. The number of hydrogen-bond donors (Lipinski definition) is 0. The van der Waals surface area contributed by atoms with Crippen molar-refractivity contribution in [2.45, 2.75) is 38.1 Å². The molecular weight excluding hydrogens is 386 g/mol. The monoisotopic (exact) mass is 410 g/mol. The Hall–Kier alpha value is -2.96. The Morgan fingerprint density at radius 3 is 2.77 bits per heavy atom. The Kier molecular flexibility index (Phi) is 4.89. The van der Waals surface area contributed by atoms with Crippen LogP contribution in [0, 0.1) is 11.6 Å². The summed E-state index contributed by atoms with van der Waals surface area (Å²) >= 11 is 0. The number of nitrogens with zero attached hydrogens (tertiary/aromatic N) is 4. The molecule has 7 heteroatoms. The number of benzene rings is 2. The van der Waals surface area contributed by atoms with Gasteiger partial charge in [-0.1, -0.05) is 12.8 Å². The lowest BCUT2D eigenvalue weighted by molar-refractivity contribution is 0.311. The van der Waals surface area contributed by atoms with E-state index in [0.717, 1.165) is 54.3 Å². The third kappa shape index (κ3) is 3.53. The molecule has 2 heterocycles. The highest BCUT2D eigenvalue weighted by molar-refractivity contribution is 5.70. The number of fused-ring (bicyclic) bond motifs is 1. The third-order valence-electron chi connectivity index (χ3n) is 6.05. The second-order valence-corrected chi connectivity index (χ2v) is 8.12. The molecule has 2 aliphatic rings. The van der Waals surface area contributed by atoms with Crippen molar-refractivity contribution in [2.75, 3.05) is 25.1 Å². The van der Waals surface area contributed by atoms with Gasteiger partial charge >= 0.3 is 0 Å². The van der Waals surface area contributed by atoms with Crippen LogP contribution in [-0.4, -0.2) is 35.0 Å². The first-order valence-corrected chi connectivity index (χ1v) is 10.5. The first-order chi connectivity index (χ1) is 14.6. The van der Waals surface area contributed by atoms with Gasteiger partial charge in [0.15, 0.2) is 11.6 Å². The summed E-state index contributed by atoms with van der Waals surface area (Å²) in [7, 11) is 2.03. The Morgan fingerprint density at radius 2 is 1.93 bits per heavy atom. The molecule has 0 saturated heterocycles. The average Bonchev–Trinajstić information content (AvgIpc) is 3.41. The van der Waals surface area contributed by atoms with E-state index >= 15 is 0 Å². The topological polar surface area (TPSA) is 43.2 Å². The molecule has 1 aromatic heterocycles. The maximum Gasteiger partial charge on any atom is 0.158 e. The van der Waals surface area contributed by atoms with Crippen LogP contribution < -0.4 is 9.64 Å². The van der Waals surface area contributed by atoms with Crippen molar-refractivity contribution in [3.8, 4) is 17.1 Å². The van der Waals surface area contributed by atoms with E-state index < -0.39 is 11.6 Å². The van der Waals surface area contributed by atoms with Crippen molar-refractivity contribution in [3.05, 3.63) is 59.4 Å².